The van der Waals surface area contributed by atoms with Gasteiger partial charge >= 0.3 is 6.03 Å². The van der Waals surface area contributed by atoms with Crippen LogP contribution in [0.2, 0.25) is 5.02 Å². The number of carbonyl (C=O) groups is 3. The first-order valence-electron chi connectivity index (χ1n) is 9.19. The number of urea groups is 1. The number of benzene rings is 1. The first kappa shape index (κ1) is 22.9. The van der Waals surface area contributed by atoms with Gasteiger partial charge in [-0.3, -0.25) is 15.0 Å². The van der Waals surface area contributed by atoms with Gasteiger partial charge in [0.2, 0.25) is 0 Å². The maximum atomic E-state index is 14.6. The van der Waals surface area contributed by atoms with Crippen molar-refractivity contribution in [3.8, 4) is 0 Å². The smallest absolute Gasteiger partial charge is 0.340 e. The van der Waals surface area contributed by atoms with Gasteiger partial charge in [-0.25, -0.2) is 14.2 Å². The van der Waals surface area contributed by atoms with Crippen molar-refractivity contribution in [2.24, 2.45) is 0 Å². The van der Waals surface area contributed by atoms with E-state index in [-0.39, 0.29) is 53.5 Å². The Kier molecular flexibility index (Phi) is 7.80. The Morgan fingerprint density at radius 3 is 2.84 bits per heavy atom. The van der Waals surface area contributed by atoms with Crippen LogP contribution in [0.3, 0.4) is 0 Å². The molecule has 3 rings (SSSR count). The molecule has 1 fully saturated rings. The second kappa shape index (κ2) is 10.5. The fraction of sp³-hybridized carbons (Fsp3) is 0.316. The molecule has 9 nitrogen and oxygen atoms in total. The van der Waals surface area contributed by atoms with E-state index in [9.17, 15) is 18.8 Å². The van der Waals surface area contributed by atoms with E-state index >= 15 is 0 Å². The molecule has 31 heavy (non-hydrogen) atoms. The summed E-state index contributed by atoms with van der Waals surface area (Å²) in [5.74, 6) is -1.58. The highest BCUT2D eigenvalue weighted by atomic mass is 35.5. The van der Waals surface area contributed by atoms with Gasteiger partial charge < -0.3 is 19.7 Å². The summed E-state index contributed by atoms with van der Waals surface area (Å²) < 4.78 is 24.6. The van der Waals surface area contributed by atoms with Gasteiger partial charge in [-0.15, -0.1) is 11.3 Å². The summed E-state index contributed by atoms with van der Waals surface area (Å²) in [5.41, 5.74) is 2.72. The summed E-state index contributed by atoms with van der Waals surface area (Å²) in [6.45, 7) is 0.633. The third-order valence-electron chi connectivity index (χ3n) is 4.30. The molecule has 2 aromatic rings. The molecule has 0 radical (unpaired) electrons. The Morgan fingerprint density at radius 1 is 1.39 bits per heavy atom. The van der Waals surface area contributed by atoms with E-state index in [1.54, 1.807) is 11.4 Å². The van der Waals surface area contributed by atoms with E-state index in [2.05, 4.69) is 10.7 Å². The normalized spacial score (nSPS) is 13.8. The van der Waals surface area contributed by atoms with Gasteiger partial charge in [0.1, 0.15) is 17.3 Å². The number of ether oxygens (including phenoxy) is 2. The molecule has 0 unspecified atom stereocenters. The molecule has 1 aromatic heterocycles. The Bertz CT molecular complexity index is 973. The third kappa shape index (κ3) is 5.70. The van der Waals surface area contributed by atoms with Crippen molar-refractivity contribution in [2.75, 3.05) is 50.2 Å². The molecule has 1 saturated heterocycles. The molecule has 0 atom stereocenters. The monoisotopic (exact) mass is 470 g/mol. The highest BCUT2D eigenvalue weighted by Crippen LogP contribution is 2.25. The van der Waals surface area contributed by atoms with Gasteiger partial charge in [0.05, 0.1) is 30.5 Å². The summed E-state index contributed by atoms with van der Waals surface area (Å²) in [6.07, 6.45) is 0. The minimum atomic E-state index is -0.701. The van der Waals surface area contributed by atoms with Gasteiger partial charge in [-0.1, -0.05) is 11.6 Å². The Labute approximate surface area is 186 Å². The number of carbonyl (C=O) groups excluding carboxylic acids is 3. The molecule has 0 spiro atoms. The predicted octanol–water partition coefficient (Wildman–Crippen LogP) is 2.73. The van der Waals surface area contributed by atoms with Crippen LogP contribution < -0.4 is 15.6 Å². The van der Waals surface area contributed by atoms with Crippen LogP contribution in [0.25, 0.3) is 0 Å². The molecule has 4 amide bonds. The average Bonchev–Trinajstić information content (AvgIpc) is 3.18. The van der Waals surface area contributed by atoms with Crippen molar-refractivity contribution in [3.05, 3.63) is 45.4 Å². The van der Waals surface area contributed by atoms with Gasteiger partial charge in [-0.2, -0.15) is 0 Å². The number of methoxy groups -OCH3 is 1. The van der Waals surface area contributed by atoms with E-state index in [1.165, 1.54) is 24.1 Å². The highest BCUT2D eigenvalue weighted by molar-refractivity contribution is 7.12. The van der Waals surface area contributed by atoms with Crippen molar-refractivity contribution in [1.82, 2.24) is 10.4 Å². The van der Waals surface area contributed by atoms with E-state index in [1.807, 2.05) is 0 Å². The Morgan fingerprint density at radius 2 is 2.19 bits per heavy atom. The Hall–Kier alpha value is -2.73. The summed E-state index contributed by atoms with van der Waals surface area (Å²) in [7, 11) is 1.45. The van der Waals surface area contributed by atoms with Crippen molar-refractivity contribution < 1.29 is 28.2 Å². The van der Waals surface area contributed by atoms with Crippen molar-refractivity contribution in [3.63, 3.8) is 0 Å². The van der Waals surface area contributed by atoms with Gasteiger partial charge in [0, 0.05) is 19.3 Å². The second-order valence-electron chi connectivity index (χ2n) is 6.38. The summed E-state index contributed by atoms with van der Waals surface area (Å²) in [6, 6.07) is 4.84. The van der Waals surface area contributed by atoms with E-state index in [4.69, 9.17) is 21.1 Å². The third-order valence-corrected chi connectivity index (χ3v) is 5.64. The molecular formula is C19H20ClFN4O5S. The van der Waals surface area contributed by atoms with Crippen LogP contribution >= 0.6 is 22.9 Å². The van der Waals surface area contributed by atoms with Gasteiger partial charge in [-0.05, 0) is 29.6 Å². The quantitative estimate of drug-likeness (QED) is 0.632. The number of hydrogen-bond donors (Lipinski definition) is 2. The lowest BCUT2D eigenvalue weighted by molar-refractivity contribution is -0.125. The average molecular weight is 471 g/mol. The molecule has 12 heteroatoms. The van der Waals surface area contributed by atoms with Crippen molar-refractivity contribution in [2.45, 2.75) is 0 Å². The van der Waals surface area contributed by atoms with Crippen molar-refractivity contribution in [1.29, 1.82) is 0 Å². The molecule has 1 aliphatic heterocycles. The second-order valence-corrected chi connectivity index (χ2v) is 7.70. The zero-order valence-corrected chi connectivity index (χ0v) is 18.1. The van der Waals surface area contributed by atoms with Gasteiger partial charge in [0.15, 0.2) is 0 Å². The van der Waals surface area contributed by atoms with Crippen molar-refractivity contribution >= 4 is 52.2 Å². The number of amides is 4. The summed E-state index contributed by atoms with van der Waals surface area (Å²) in [4.78, 5) is 38.5. The van der Waals surface area contributed by atoms with Gasteiger partial charge in [0.25, 0.3) is 11.8 Å². The number of rotatable bonds is 6. The lowest BCUT2D eigenvalue weighted by Crippen LogP contribution is -2.49. The molecule has 0 aliphatic carbocycles. The zero-order chi connectivity index (χ0) is 22.4. The maximum Gasteiger partial charge on any atom is 0.340 e. The summed E-state index contributed by atoms with van der Waals surface area (Å²) in [5, 5.41) is 5.45. The number of anilines is 2. The number of nitrogens with zero attached hydrogens (tertiary/aromatic N) is 2. The molecule has 1 aromatic carbocycles. The van der Waals surface area contributed by atoms with Crippen LogP contribution in [0.1, 0.15) is 9.67 Å². The molecule has 2 N–H and O–H groups in total. The van der Waals surface area contributed by atoms with Crippen LogP contribution in [0.5, 0.6) is 0 Å². The lowest BCUT2D eigenvalue weighted by atomic mass is 10.2. The largest absolute Gasteiger partial charge is 0.383 e. The van der Waals surface area contributed by atoms with E-state index in [0.29, 0.717) is 6.61 Å². The minimum Gasteiger partial charge on any atom is -0.383 e. The molecular weight excluding hydrogens is 451 g/mol. The van der Waals surface area contributed by atoms with Crippen LogP contribution in [-0.4, -0.2) is 62.9 Å². The Balaban J connectivity index is 1.70. The number of hydrazine groups is 1. The first-order chi connectivity index (χ1) is 14.9. The van der Waals surface area contributed by atoms with Crippen LogP contribution in [0.15, 0.2) is 29.6 Å². The number of thiophene rings is 1. The lowest BCUT2D eigenvalue weighted by Gasteiger charge is -2.27. The molecule has 166 valence electrons. The molecule has 0 saturated carbocycles. The number of nitrogens with one attached hydrogen (secondary N) is 2. The maximum absolute atomic E-state index is 14.6. The fourth-order valence-electron chi connectivity index (χ4n) is 2.79. The van der Waals surface area contributed by atoms with E-state index in [0.717, 1.165) is 22.4 Å². The summed E-state index contributed by atoms with van der Waals surface area (Å²) >= 11 is 7.10. The number of halogens is 2. The van der Waals surface area contributed by atoms with Crippen LogP contribution in [0.4, 0.5) is 20.6 Å². The predicted molar refractivity (Wildman–Crippen MR) is 114 cm³/mol. The number of hydrogen-bond acceptors (Lipinski definition) is 6. The highest BCUT2D eigenvalue weighted by Gasteiger charge is 2.24. The molecule has 0 bridgehead atoms. The molecule has 1 aliphatic rings. The number of morpholine rings is 1. The SMILES string of the molecule is COCCN(NC(=O)c1sccc1Cl)C(=O)Nc1ccc(N2CCOCC2=O)c(F)c1. The van der Waals surface area contributed by atoms with E-state index < -0.39 is 17.8 Å². The molecule has 2 heterocycles. The standard InChI is InChI=1S/C19H20ClFN4O5S/c1-29-7-6-25(23-18(27)17-13(20)4-9-31-17)19(28)22-12-2-3-15(14(21)10-12)24-5-8-30-11-16(24)26/h2-4,9-10H,5-8,11H2,1H3,(H,22,28)(H,23,27). The zero-order valence-electron chi connectivity index (χ0n) is 16.5. The minimum absolute atomic E-state index is 0.0416. The fourth-order valence-corrected chi connectivity index (χ4v) is 3.82. The van der Waals surface area contributed by atoms with Crippen LogP contribution in [-0.2, 0) is 14.3 Å². The first-order valence-corrected chi connectivity index (χ1v) is 10.5. The topological polar surface area (TPSA) is 100 Å². The van der Waals surface area contributed by atoms with Crippen LogP contribution in [0, 0.1) is 5.82 Å².